The van der Waals surface area contributed by atoms with Crippen LogP contribution in [0.5, 0.6) is 0 Å². The molecule has 0 spiro atoms. The van der Waals surface area contributed by atoms with E-state index in [9.17, 15) is 9.59 Å². The van der Waals surface area contributed by atoms with Gasteiger partial charge in [0.15, 0.2) is 11.6 Å². The average molecular weight is 319 g/mol. The summed E-state index contributed by atoms with van der Waals surface area (Å²) in [7, 11) is 2.01. The largest absolute Gasteiger partial charge is 0.341 e. The first-order chi connectivity index (χ1) is 11.6. The van der Waals surface area contributed by atoms with Crippen molar-refractivity contribution in [3.8, 4) is 0 Å². The molecule has 0 atom stereocenters. The van der Waals surface area contributed by atoms with E-state index in [0.29, 0.717) is 34.3 Å². The van der Waals surface area contributed by atoms with Crippen molar-refractivity contribution in [1.29, 1.82) is 0 Å². The number of benzene rings is 2. The van der Waals surface area contributed by atoms with Crippen LogP contribution in [0.3, 0.4) is 0 Å². The van der Waals surface area contributed by atoms with Gasteiger partial charge in [-0.1, -0.05) is 31.2 Å². The molecular weight excluding hydrogens is 302 g/mol. The summed E-state index contributed by atoms with van der Waals surface area (Å²) in [5, 5.41) is 0. The molecule has 0 unspecified atom stereocenters. The van der Waals surface area contributed by atoms with Gasteiger partial charge in [-0.15, -0.1) is 0 Å². The van der Waals surface area contributed by atoms with Crippen molar-refractivity contribution in [2.45, 2.75) is 13.5 Å². The molecule has 5 nitrogen and oxygen atoms in total. The SMILES string of the molecule is CCN(C)Cc1nc2c3c(ccc2[nH]1)C(=O)c1ccccc1C3=O. The van der Waals surface area contributed by atoms with Gasteiger partial charge in [-0.3, -0.25) is 14.5 Å². The molecule has 1 aliphatic carbocycles. The Morgan fingerprint density at radius 1 is 1.00 bits per heavy atom. The zero-order chi connectivity index (χ0) is 16.8. The van der Waals surface area contributed by atoms with Crippen LogP contribution in [0, 0.1) is 0 Å². The number of fused-ring (bicyclic) bond motifs is 4. The van der Waals surface area contributed by atoms with Crippen molar-refractivity contribution in [1.82, 2.24) is 14.9 Å². The Morgan fingerprint density at radius 2 is 1.71 bits per heavy atom. The highest BCUT2D eigenvalue weighted by molar-refractivity contribution is 6.31. The van der Waals surface area contributed by atoms with Gasteiger partial charge in [0.25, 0.3) is 0 Å². The highest BCUT2D eigenvalue weighted by Crippen LogP contribution is 2.31. The summed E-state index contributed by atoms with van der Waals surface area (Å²) >= 11 is 0. The maximum Gasteiger partial charge on any atom is 0.196 e. The molecule has 3 aromatic rings. The third kappa shape index (κ3) is 2.09. The van der Waals surface area contributed by atoms with Crippen molar-refractivity contribution in [3.05, 3.63) is 64.5 Å². The molecule has 0 radical (unpaired) electrons. The van der Waals surface area contributed by atoms with Crippen LogP contribution in [-0.2, 0) is 6.54 Å². The van der Waals surface area contributed by atoms with Crippen molar-refractivity contribution >= 4 is 22.6 Å². The molecule has 4 rings (SSSR count). The first-order valence-corrected chi connectivity index (χ1v) is 7.98. The number of carbonyl (C=O) groups excluding carboxylic acids is 2. The minimum Gasteiger partial charge on any atom is -0.341 e. The fourth-order valence-electron chi connectivity index (χ4n) is 3.15. The Labute approximate surface area is 139 Å². The monoisotopic (exact) mass is 319 g/mol. The van der Waals surface area contributed by atoms with Crippen molar-refractivity contribution in [2.24, 2.45) is 0 Å². The van der Waals surface area contributed by atoms with Gasteiger partial charge in [-0.25, -0.2) is 4.98 Å². The third-order valence-corrected chi connectivity index (χ3v) is 4.55. The second-order valence-electron chi connectivity index (χ2n) is 6.10. The summed E-state index contributed by atoms with van der Waals surface area (Å²) in [5.74, 6) is 0.548. The maximum atomic E-state index is 12.9. The number of rotatable bonds is 3. The molecule has 0 aliphatic heterocycles. The van der Waals surface area contributed by atoms with Crippen LogP contribution in [0.2, 0.25) is 0 Å². The minimum atomic E-state index is -0.132. The fraction of sp³-hybridized carbons (Fsp3) is 0.211. The van der Waals surface area contributed by atoms with Crippen molar-refractivity contribution in [2.75, 3.05) is 13.6 Å². The first-order valence-electron chi connectivity index (χ1n) is 7.98. The first kappa shape index (κ1) is 14.8. The number of aromatic amines is 1. The van der Waals surface area contributed by atoms with E-state index in [1.165, 1.54) is 0 Å². The van der Waals surface area contributed by atoms with Crippen LogP contribution in [0.15, 0.2) is 36.4 Å². The fourth-order valence-corrected chi connectivity index (χ4v) is 3.15. The number of aromatic nitrogens is 2. The molecule has 5 heteroatoms. The molecule has 120 valence electrons. The summed E-state index contributed by atoms with van der Waals surface area (Å²) in [6.07, 6.45) is 0. The molecule has 1 aromatic heterocycles. The number of nitrogens with one attached hydrogen (secondary N) is 1. The number of H-pyrrole nitrogens is 1. The predicted octanol–water partition coefficient (Wildman–Crippen LogP) is 2.79. The quantitative estimate of drug-likeness (QED) is 0.630. The molecule has 1 heterocycles. The zero-order valence-corrected chi connectivity index (χ0v) is 13.6. The highest BCUT2D eigenvalue weighted by Gasteiger charge is 2.31. The van der Waals surface area contributed by atoms with E-state index >= 15 is 0 Å². The molecule has 2 aromatic carbocycles. The standard InChI is InChI=1S/C19H17N3O2/c1-3-22(2)10-15-20-14-9-8-13-16(17(14)21-15)19(24)12-7-5-4-6-11(12)18(13)23/h4-9H,3,10H2,1-2H3,(H,20,21). The molecule has 0 bridgehead atoms. The number of imidazole rings is 1. The zero-order valence-electron chi connectivity index (χ0n) is 13.6. The van der Waals surface area contributed by atoms with Crippen molar-refractivity contribution < 1.29 is 9.59 Å². The van der Waals surface area contributed by atoms with Crippen LogP contribution in [0.4, 0.5) is 0 Å². The smallest absolute Gasteiger partial charge is 0.196 e. The van der Waals surface area contributed by atoms with Gasteiger partial charge in [-0.05, 0) is 25.7 Å². The number of hydrogen-bond donors (Lipinski definition) is 1. The molecule has 1 aliphatic rings. The van der Waals surface area contributed by atoms with Gasteiger partial charge in [0.1, 0.15) is 11.3 Å². The molecule has 24 heavy (non-hydrogen) atoms. The molecule has 0 saturated carbocycles. The van der Waals surface area contributed by atoms with E-state index in [4.69, 9.17) is 0 Å². The Hall–Kier alpha value is -2.79. The van der Waals surface area contributed by atoms with Gasteiger partial charge >= 0.3 is 0 Å². The van der Waals surface area contributed by atoms with Crippen LogP contribution in [0.25, 0.3) is 11.0 Å². The predicted molar refractivity (Wildman–Crippen MR) is 91.4 cm³/mol. The maximum absolute atomic E-state index is 12.9. The van der Waals surface area contributed by atoms with Crippen LogP contribution in [0.1, 0.15) is 44.6 Å². The second kappa shape index (κ2) is 5.39. The van der Waals surface area contributed by atoms with Crippen molar-refractivity contribution in [3.63, 3.8) is 0 Å². The summed E-state index contributed by atoms with van der Waals surface area (Å²) < 4.78 is 0. The van der Waals surface area contributed by atoms with E-state index in [2.05, 4.69) is 21.8 Å². The third-order valence-electron chi connectivity index (χ3n) is 4.55. The van der Waals surface area contributed by atoms with E-state index in [1.54, 1.807) is 30.3 Å². The topological polar surface area (TPSA) is 66.1 Å². The number of ketones is 2. The molecule has 0 saturated heterocycles. The lowest BCUT2D eigenvalue weighted by Crippen LogP contribution is -2.21. The van der Waals surface area contributed by atoms with E-state index < -0.39 is 0 Å². The van der Waals surface area contributed by atoms with Gasteiger partial charge in [0, 0.05) is 16.7 Å². The summed E-state index contributed by atoms with van der Waals surface area (Å²) in [5.41, 5.74) is 3.15. The molecular formula is C19H17N3O2. The van der Waals surface area contributed by atoms with Gasteiger partial charge in [0.2, 0.25) is 0 Å². The van der Waals surface area contributed by atoms with Crippen LogP contribution in [-0.4, -0.2) is 40.0 Å². The van der Waals surface area contributed by atoms with Gasteiger partial charge in [0.05, 0.1) is 17.6 Å². The lowest BCUT2D eigenvalue weighted by atomic mass is 9.83. The number of carbonyl (C=O) groups is 2. The van der Waals surface area contributed by atoms with E-state index in [0.717, 1.165) is 17.9 Å². The Morgan fingerprint density at radius 3 is 2.42 bits per heavy atom. The average Bonchev–Trinajstić information content (AvgIpc) is 3.01. The Kier molecular flexibility index (Phi) is 3.32. The molecule has 0 fully saturated rings. The van der Waals surface area contributed by atoms with Crippen LogP contribution >= 0.6 is 0 Å². The summed E-state index contributed by atoms with van der Waals surface area (Å²) in [4.78, 5) is 35.6. The van der Waals surface area contributed by atoms with E-state index in [-0.39, 0.29) is 11.6 Å². The Bertz CT molecular complexity index is 987. The second-order valence-corrected chi connectivity index (χ2v) is 6.10. The molecule has 0 amide bonds. The summed E-state index contributed by atoms with van der Waals surface area (Å²) in [6.45, 7) is 3.64. The highest BCUT2D eigenvalue weighted by atomic mass is 16.1. The van der Waals surface area contributed by atoms with Gasteiger partial charge in [-0.2, -0.15) is 0 Å². The normalized spacial score (nSPS) is 13.5. The molecule has 1 N–H and O–H groups in total. The minimum absolute atomic E-state index is 0.114. The lowest BCUT2D eigenvalue weighted by Gasteiger charge is -2.17. The number of hydrogen-bond acceptors (Lipinski definition) is 4. The summed E-state index contributed by atoms with van der Waals surface area (Å²) in [6, 6.07) is 10.5. The Balaban J connectivity index is 1.91. The van der Waals surface area contributed by atoms with E-state index in [1.807, 2.05) is 13.1 Å². The van der Waals surface area contributed by atoms with Crippen LogP contribution < -0.4 is 0 Å². The number of nitrogens with zero attached hydrogens (tertiary/aromatic N) is 2. The van der Waals surface area contributed by atoms with Gasteiger partial charge < -0.3 is 4.98 Å². The lowest BCUT2D eigenvalue weighted by molar-refractivity contribution is 0.0980.